The summed E-state index contributed by atoms with van der Waals surface area (Å²) in [5.41, 5.74) is 4.50. The van der Waals surface area contributed by atoms with Gasteiger partial charge in [-0.1, -0.05) is 12.1 Å². The van der Waals surface area contributed by atoms with Gasteiger partial charge in [0, 0.05) is 31.1 Å². The molecule has 4 nitrogen and oxygen atoms in total. The van der Waals surface area contributed by atoms with Crippen molar-refractivity contribution in [1.82, 2.24) is 9.78 Å². The fraction of sp³-hybridized carbons (Fsp3) is 0.400. The van der Waals surface area contributed by atoms with Crippen LogP contribution in [0.1, 0.15) is 29.8 Å². The van der Waals surface area contributed by atoms with Crippen LogP contribution in [0.4, 0.5) is 5.69 Å². The number of nitrogens with zero attached hydrogens (tertiary/aromatic N) is 2. The van der Waals surface area contributed by atoms with Crippen molar-refractivity contribution in [1.29, 1.82) is 0 Å². The van der Waals surface area contributed by atoms with Crippen molar-refractivity contribution in [2.24, 2.45) is 7.05 Å². The van der Waals surface area contributed by atoms with Gasteiger partial charge >= 0.3 is 0 Å². The molecule has 102 valence electrons. The average molecular weight is 259 g/mol. The molecule has 0 saturated carbocycles. The molecule has 2 rings (SSSR count). The van der Waals surface area contributed by atoms with Crippen LogP contribution in [-0.2, 0) is 13.5 Å². The molecule has 0 fully saturated rings. The number of aromatic nitrogens is 2. The van der Waals surface area contributed by atoms with Gasteiger partial charge < -0.3 is 10.4 Å². The van der Waals surface area contributed by atoms with Crippen molar-refractivity contribution in [3.63, 3.8) is 0 Å². The number of hydrogen-bond acceptors (Lipinski definition) is 3. The minimum Gasteiger partial charge on any atom is -0.396 e. The molecule has 0 bridgehead atoms. The van der Waals surface area contributed by atoms with E-state index in [0.717, 1.165) is 16.9 Å². The quantitative estimate of drug-likeness (QED) is 0.867. The predicted molar refractivity (Wildman–Crippen MR) is 77.2 cm³/mol. The fourth-order valence-electron chi connectivity index (χ4n) is 2.27. The molecular formula is C15H21N3O. The number of aliphatic hydroxyl groups is 1. The Kier molecular flexibility index (Phi) is 4.22. The van der Waals surface area contributed by atoms with Gasteiger partial charge in [-0.2, -0.15) is 5.10 Å². The molecule has 1 aromatic heterocycles. The van der Waals surface area contributed by atoms with E-state index >= 15 is 0 Å². The molecule has 2 aromatic rings. The van der Waals surface area contributed by atoms with Crippen molar-refractivity contribution in [2.75, 3.05) is 11.9 Å². The molecule has 0 aliphatic rings. The smallest absolute Gasteiger partial charge is 0.0646 e. The highest BCUT2D eigenvalue weighted by Gasteiger charge is 2.11. The van der Waals surface area contributed by atoms with Crippen molar-refractivity contribution in [3.05, 3.63) is 47.3 Å². The van der Waals surface area contributed by atoms with Gasteiger partial charge in [-0.25, -0.2) is 0 Å². The molecule has 0 aliphatic carbocycles. The maximum Gasteiger partial charge on any atom is 0.0646 e. The number of anilines is 1. The number of nitrogens with one attached hydrogen (secondary N) is 1. The van der Waals surface area contributed by atoms with Gasteiger partial charge in [0.1, 0.15) is 0 Å². The highest BCUT2D eigenvalue weighted by atomic mass is 16.2. The number of rotatable bonds is 5. The summed E-state index contributed by atoms with van der Waals surface area (Å²) in [4.78, 5) is 0. The van der Waals surface area contributed by atoms with E-state index < -0.39 is 0 Å². The molecule has 0 saturated heterocycles. The second-order valence-corrected chi connectivity index (χ2v) is 4.88. The zero-order chi connectivity index (χ0) is 13.8. The van der Waals surface area contributed by atoms with Crippen molar-refractivity contribution in [3.8, 4) is 0 Å². The van der Waals surface area contributed by atoms with E-state index in [-0.39, 0.29) is 12.6 Å². The molecule has 4 heteroatoms. The lowest BCUT2D eigenvalue weighted by Crippen LogP contribution is -2.07. The largest absolute Gasteiger partial charge is 0.396 e. The fourth-order valence-corrected chi connectivity index (χ4v) is 2.27. The normalized spacial score (nSPS) is 12.4. The van der Waals surface area contributed by atoms with Crippen LogP contribution < -0.4 is 5.32 Å². The summed E-state index contributed by atoms with van der Waals surface area (Å²) < 4.78 is 1.84. The van der Waals surface area contributed by atoms with Crippen molar-refractivity contribution < 1.29 is 5.11 Å². The standard InChI is InChI=1S/C15H21N3O/c1-11(15-10-18(3)17-12(15)2)16-14-6-4-13(5-7-14)8-9-19/h4-7,10-11,16,19H,8-9H2,1-3H3. The van der Waals surface area contributed by atoms with Gasteiger partial charge in [-0.15, -0.1) is 0 Å². The number of benzene rings is 1. The van der Waals surface area contributed by atoms with Crippen LogP contribution in [0.2, 0.25) is 0 Å². The van der Waals surface area contributed by atoms with Crippen LogP contribution in [0.3, 0.4) is 0 Å². The van der Waals surface area contributed by atoms with E-state index in [1.165, 1.54) is 5.56 Å². The maximum absolute atomic E-state index is 8.89. The van der Waals surface area contributed by atoms with Crippen LogP contribution >= 0.6 is 0 Å². The van der Waals surface area contributed by atoms with Gasteiger partial charge in [0.2, 0.25) is 0 Å². The highest BCUT2D eigenvalue weighted by Crippen LogP contribution is 2.21. The number of aliphatic hydroxyl groups excluding tert-OH is 1. The van der Waals surface area contributed by atoms with Gasteiger partial charge in [-0.05, 0) is 38.0 Å². The molecule has 0 radical (unpaired) electrons. The Morgan fingerprint density at radius 3 is 2.53 bits per heavy atom. The molecule has 19 heavy (non-hydrogen) atoms. The minimum atomic E-state index is 0.193. The van der Waals surface area contributed by atoms with E-state index in [2.05, 4.69) is 17.3 Å². The van der Waals surface area contributed by atoms with Gasteiger partial charge in [0.25, 0.3) is 0 Å². The molecule has 1 atom stereocenters. The summed E-state index contributed by atoms with van der Waals surface area (Å²) in [7, 11) is 1.94. The molecule has 0 spiro atoms. The first-order valence-corrected chi connectivity index (χ1v) is 6.56. The van der Waals surface area contributed by atoms with Crippen LogP contribution in [0, 0.1) is 6.92 Å². The first-order valence-electron chi connectivity index (χ1n) is 6.56. The monoisotopic (exact) mass is 259 g/mol. The Morgan fingerprint density at radius 2 is 2.00 bits per heavy atom. The summed E-state index contributed by atoms with van der Waals surface area (Å²) in [6.07, 6.45) is 2.75. The summed E-state index contributed by atoms with van der Waals surface area (Å²) in [6, 6.07) is 8.40. The number of aryl methyl sites for hydroxylation is 2. The Morgan fingerprint density at radius 1 is 1.32 bits per heavy atom. The average Bonchev–Trinajstić information content (AvgIpc) is 2.71. The highest BCUT2D eigenvalue weighted by molar-refractivity contribution is 5.47. The lowest BCUT2D eigenvalue weighted by atomic mass is 10.1. The third-order valence-electron chi connectivity index (χ3n) is 3.26. The topological polar surface area (TPSA) is 50.1 Å². The predicted octanol–water partition coefficient (Wildman–Crippen LogP) is 2.44. The van der Waals surface area contributed by atoms with Crippen LogP contribution in [0.25, 0.3) is 0 Å². The van der Waals surface area contributed by atoms with E-state index in [1.54, 1.807) is 0 Å². The SMILES string of the molecule is Cc1nn(C)cc1C(C)Nc1ccc(CCO)cc1. The van der Waals surface area contributed by atoms with Crippen LogP contribution in [-0.4, -0.2) is 21.5 Å². The first kappa shape index (κ1) is 13.6. The van der Waals surface area contributed by atoms with Gasteiger partial charge in [-0.3, -0.25) is 4.68 Å². The number of hydrogen-bond donors (Lipinski definition) is 2. The van der Waals surface area contributed by atoms with Crippen molar-refractivity contribution >= 4 is 5.69 Å². The first-order chi connectivity index (χ1) is 9.10. The Bertz CT molecular complexity index is 531. The second-order valence-electron chi connectivity index (χ2n) is 4.88. The van der Waals surface area contributed by atoms with Gasteiger partial charge in [0.05, 0.1) is 11.7 Å². The van der Waals surface area contributed by atoms with Crippen molar-refractivity contribution in [2.45, 2.75) is 26.3 Å². The van der Waals surface area contributed by atoms with Crippen LogP contribution in [0.15, 0.2) is 30.5 Å². The Labute approximate surface area is 114 Å². The molecule has 0 amide bonds. The molecule has 1 unspecified atom stereocenters. The maximum atomic E-state index is 8.89. The molecule has 1 heterocycles. The summed E-state index contributed by atoms with van der Waals surface area (Å²) >= 11 is 0. The summed E-state index contributed by atoms with van der Waals surface area (Å²) in [5, 5.41) is 16.7. The van der Waals surface area contributed by atoms with Crippen LogP contribution in [0.5, 0.6) is 0 Å². The third kappa shape index (κ3) is 3.35. The lowest BCUT2D eigenvalue weighted by Gasteiger charge is -2.15. The van der Waals surface area contributed by atoms with E-state index in [1.807, 2.05) is 49.1 Å². The third-order valence-corrected chi connectivity index (χ3v) is 3.26. The summed E-state index contributed by atoms with van der Waals surface area (Å²) in [5.74, 6) is 0. The second kappa shape index (κ2) is 5.89. The Balaban J connectivity index is 2.06. The molecule has 0 aliphatic heterocycles. The van der Waals surface area contributed by atoms with E-state index in [9.17, 15) is 0 Å². The lowest BCUT2D eigenvalue weighted by molar-refractivity contribution is 0.299. The molecular weight excluding hydrogens is 238 g/mol. The van der Waals surface area contributed by atoms with Gasteiger partial charge in [0.15, 0.2) is 0 Å². The van der Waals surface area contributed by atoms with E-state index in [0.29, 0.717) is 6.42 Å². The zero-order valence-electron chi connectivity index (χ0n) is 11.7. The minimum absolute atomic E-state index is 0.193. The molecule has 2 N–H and O–H groups in total. The molecule has 1 aromatic carbocycles. The zero-order valence-corrected chi connectivity index (χ0v) is 11.7. The Hall–Kier alpha value is -1.81. The van der Waals surface area contributed by atoms with E-state index in [4.69, 9.17) is 5.11 Å². The summed E-state index contributed by atoms with van der Waals surface area (Å²) in [6.45, 7) is 4.35.